The summed E-state index contributed by atoms with van der Waals surface area (Å²) in [6.45, 7) is 1.75. The van der Waals surface area contributed by atoms with E-state index < -0.39 is 22.0 Å². The Labute approximate surface area is 150 Å². The highest BCUT2D eigenvalue weighted by molar-refractivity contribution is 7.89. The van der Waals surface area contributed by atoms with Crippen LogP contribution in [0.5, 0.6) is 0 Å². The summed E-state index contributed by atoms with van der Waals surface area (Å²) in [4.78, 5) is 15.0. The molecule has 1 unspecified atom stereocenters. The molecule has 0 aliphatic carbocycles. The molecule has 1 heterocycles. The molecule has 0 fully saturated rings. The van der Waals surface area contributed by atoms with Gasteiger partial charge >= 0.3 is 0 Å². The summed E-state index contributed by atoms with van der Waals surface area (Å²) in [5, 5.41) is 4.04. The summed E-state index contributed by atoms with van der Waals surface area (Å²) in [6, 6.07) is 12.3. The third kappa shape index (κ3) is 3.79. The van der Waals surface area contributed by atoms with E-state index in [0.717, 1.165) is 11.3 Å². The van der Waals surface area contributed by atoms with Gasteiger partial charge in [-0.15, -0.1) is 0 Å². The van der Waals surface area contributed by atoms with Crippen molar-refractivity contribution in [2.75, 3.05) is 0 Å². The number of rotatable bonds is 6. The second-order valence-corrected chi connectivity index (χ2v) is 7.38. The van der Waals surface area contributed by atoms with Gasteiger partial charge in [-0.2, -0.15) is 5.10 Å². The first kappa shape index (κ1) is 17.8. The highest BCUT2D eigenvalue weighted by Gasteiger charge is 2.18. The molecule has 0 spiro atoms. The number of sulfonamides is 1. The van der Waals surface area contributed by atoms with Crippen LogP contribution < -0.4 is 10.5 Å². The van der Waals surface area contributed by atoms with E-state index in [1.165, 1.54) is 30.6 Å². The van der Waals surface area contributed by atoms with E-state index >= 15 is 0 Å². The average Bonchev–Trinajstić information content (AvgIpc) is 3.16. The minimum Gasteiger partial charge on any atom is -0.366 e. The van der Waals surface area contributed by atoms with E-state index in [0.29, 0.717) is 0 Å². The maximum atomic E-state index is 12.5. The molecule has 0 saturated carbocycles. The summed E-state index contributed by atoms with van der Waals surface area (Å²) >= 11 is 0. The van der Waals surface area contributed by atoms with Gasteiger partial charge in [-0.3, -0.25) is 4.79 Å². The zero-order chi connectivity index (χ0) is 18.7. The third-order valence-electron chi connectivity index (χ3n) is 3.86. The van der Waals surface area contributed by atoms with E-state index in [-0.39, 0.29) is 10.5 Å². The molecule has 3 N–H and O–H groups in total. The number of nitrogens with two attached hydrogens (primary N) is 1. The van der Waals surface area contributed by atoms with Crippen molar-refractivity contribution in [1.82, 2.24) is 19.5 Å². The zero-order valence-corrected chi connectivity index (χ0v) is 14.7. The molecule has 1 aromatic heterocycles. The molecule has 3 aromatic rings. The number of benzene rings is 2. The monoisotopic (exact) mass is 371 g/mol. The molecule has 134 valence electrons. The third-order valence-corrected chi connectivity index (χ3v) is 5.41. The van der Waals surface area contributed by atoms with Crippen LogP contribution in [0.25, 0.3) is 5.69 Å². The molecule has 26 heavy (non-hydrogen) atoms. The van der Waals surface area contributed by atoms with Crippen LogP contribution in [0.15, 0.2) is 66.1 Å². The van der Waals surface area contributed by atoms with Crippen molar-refractivity contribution in [3.63, 3.8) is 0 Å². The van der Waals surface area contributed by atoms with Crippen molar-refractivity contribution < 1.29 is 13.2 Å². The first-order valence-electron chi connectivity index (χ1n) is 7.74. The molecule has 8 nitrogen and oxygen atoms in total. The molecule has 0 aliphatic rings. The summed E-state index contributed by atoms with van der Waals surface area (Å²) in [6.07, 6.45) is 3.02. The Morgan fingerprint density at radius 2 is 1.77 bits per heavy atom. The molecule has 0 aliphatic heterocycles. The molecule has 1 atom stereocenters. The summed E-state index contributed by atoms with van der Waals surface area (Å²) in [5.41, 5.74) is 7.03. The standard InChI is InChI=1S/C17H17N5O3S/c1-12(13-2-6-15(7-3-13)22-11-19-10-20-22)21-26(24,25)16-8-4-14(5-9-16)17(18)23/h2-12,21H,1H3,(H2,18,23). The minimum absolute atomic E-state index is 0.0635. The van der Waals surface area contributed by atoms with Gasteiger partial charge in [-0.25, -0.2) is 22.8 Å². The van der Waals surface area contributed by atoms with Crippen molar-refractivity contribution in [3.8, 4) is 5.69 Å². The predicted octanol–water partition coefficient (Wildman–Crippen LogP) is 1.41. The molecule has 3 rings (SSSR count). The minimum atomic E-state index is -3.73. The van der Waals surface area contributed by atoms with Gasteiger partial charge in [0.25, 0.3) is 0 Å². The molecule has 2 aromatic carbocycles. The zero-order valence-electron chi connectivity index (χ0n) is 13.9. The van der Waals surface area contributed by atoms with Gasteiger partial charge in [0.1, 0.15) is 12.7 Å². The lowest BCUT2D eigenvalue weighted by Crippen LogP contribution is -2.27. The molecule has 1 amide bonds. The Bertz CT molecular complexity index is 998. The largest absolute Gasteiger partial charge is 0.366 e. The van der Waals surface area contributed by atoms with Crippen LogP contribution in [0.1, 0.15) is 28.9 Å². The molecule has 9 heteroatoms. The van der Waals surface area contributed by atoms with Crippen LogP contribution in [0.3, 0.4) is 0 Å². The smallest absolute Gasteiger partial charge is 0.248 e. The number of aromatic nitrogens is 3. The second-order valence-electron chi connectivity index (χ2n) is 5.66. The number of amides is 1. The Balaban J connectivity index is 1.75. The van der Waals surface area contributed by atoms with Crippen LogP contribution in [0, 0.1) is 0 Å². The maximum Gasteiger partial charge on any atom is 0.248 e. The first-order chi connectivity index (χ1) is 12.4. The lowest BCUT2D eigenvalue weighted by Gasteiger charge is -2.15. The van der Waals surface area contributed by atoms with E-state index in [2.05, 4.69) is 14.8 Å². The molecule has 0 saturated heterocycles. The Hall–Kier alpha value is -3.04. The predicted molar refractivity (Wildman–Crippen MR) is 95.1 cm³/mol. The Kier molecular flexibility index (Phi) is 4.83. The number of primary amides is 1. The topological polar surface area (TPSA) is 120 Å². The lowest BCUT2D eigenvalue weighted by molar-refractivity contribution is 0.1000. The average molecular weight is 371 g/mol. The lowest BCUT2D eigenvalue weighted by atomic mass is 10.1. The normalized spacial score (nSPS) is 12.7. The van der Waals surface area contributed by atoms with Gasteiger partial charge in [-0.1, -0.05) is 12.1 Å². The van der Waals surface area contributed by atoms with Crippen molar-refractivity contribution >= 4 is 15.9 Å². The highest BCUT2D eigenvalue weighted by Crippen LogP contribution is 2.19. The van der Waals surface area contributed by atoms with Crippen LogP contribution in [-0.2, 0) is 10.0 Å². The van der Waals surface area contributed by atoms with Gasteiger partial charge in [0.15, 0.2) is 0 Å². The quantitative estimate of drug-likeness (QED) is 0.679. The SMILES string of the molecule is CC(NS(=O)(=O)c1ccc(C(N)=O)cc1)c1ccc(-n2cncn2)cc1. The second kappa shape index (κ2) is 7.06. The molecular weight excluding hydrogens is 354 g/mol. The van der Waals surface area contributed by atoms with Crippen molar-refractivity contribution in [2.24, 2.45) is 5.73 Å². The fourth-order valence-electron chi connectivity index (χ4n) is 2.42. The fourth-order valence-corrected chi connectivity index (χ4v) is 3.66. The van der Waals surface area contributed by atoms with Gasteiger partial charge < -0.3 is 5.73 Å². The van der Waals surface area contributed by atoms with Crippen LogP contribution >= 0.6 is 0 Å². The number of carbonyl (C=O) groups excluding carboxylic acids is 1. The maximum absolute atomic E-state index is 12.5. The van der Waals surface area contributed by atoms with Crippen molar-refractivity contribution in [3.05, 3.63) is 72.3 Å². The molecule has 0 radical (unpaired) electrons. The van der Waals surface area contributed by atoms with Crippen LogP contribution in [-0.4, -0.2) is 29.1 Å². The number of hydrogen-bond donors (Lipinski definition) is 2. The highest BCUT2D eigenvalue weighted by atomic mass is 32.2. The van der Waals surface area contributed by atoms with Gasteiger partial charge in [-0.05, 0) is 48.9 Å². The molecular formula is C17H17N5O3S. The van der Waals surface area contributed by atoms with E-state index in [1.807, 2.05) is 24.3 Å². The van der Waals surface area contributed by atoms with Gasteiger partial charge in [0.2, 0.25) is 15.9 Å². The molecule has 0 bridgehead atoms. The van der Waals surface area contributed by atoms with Crippen LogP contribution in [0.2, 0.25) is 0 Å². The number of hydrogen-bond acceptors (Lipinski definition) is 5. The Morgan fingerprint density at radius 3 is 2.31 bits per heavy atom. The first-order valence-corrected chi connectivity index (χ1v) is 9.22. The summed E-state index contributed by atoms with van der Waals surface area (Å²) in [5.74, 6) is -0.609. The number of nitrogens with one attached hydrogen (secondary N) is 1. The van der Waals surface area contributed by atoms with E-state index in [9.17, 15) is 13.2 Å². The van der Waals surface area contributed by atoms with E-state index in [4.69, 9.17) is 5.73 Å². The van der Waals surface area contributed by atoms with Gasteiger partial charge in [0.05, 0.1) is 10.6 Å². The fraction of sp³-hybridized carbons (Fsp3) is 0.118. The van der Waals surface area contributed by atoms with Crippen molar-refractivity contribution in [1.29, 1.82) is 0 Å². The van der Waals surface area contributed by atoms with Crippen LogP contribution in [0.4, 0.5) is 0 Å². The van der Waals surface area contributed by atoms with E-state index in [1.54, 1.807) is 17.9 Å². The van der Waals surface area contributed by atoms with Gasteiger partial charge in [0, 0.05) is 11.6 Å². The van der Waals surface area contributed by atoms with Crippen molar-refractivity contribution in [2.45, 2.75) is 17.9 Å². The Morgan fingerprint density at radius 1 is 1.12 bits per heavy atom. The number of carbonyl (C=O) groups is 1. The summed E-state index contributed by atoms with van der Waals surface area (Å²) < 4.78 is 29.2. The number of nitrogens with zero attached hydrogens (tertiary/aromatic N) is 3. The summed E-state index contributed by atoms with van der Waals surface area (Å²) in [7, 11) is -3.73.